The van der Waals surface area contributed by atoms with Gasteiger partial charge in [0.05, 0.1) is 13.2 Å². The number of carboxylic acids is 1. The number of rotatable bonds is 5. The molecule has 4 heteroatoms. The van der Waals surface area contributed by atoms with Crippen molar-refractivity contribution in [3.05, 3.63) is 34.0 Å². The predicted octanol–water partition coefficient (Wildman–Crippen LogP) is 3.57. The summed E-state index contributed by atoms with van der Waals surface area (Å²) in [6.45, 7) is 3.35. The van der Waals surface area contributed by atoms with E-state index in [0.717, 1.165) is 18.4 Å². The Bertz CT molecular complexity index is 436. The van der Waals surface area contributed by atoms with Crippen LogP contribution in [-0.4, -0.2) is 17.7 Å². The van der Waals surface area contributed by atoms with Gasteiger partial charge in [-0.1, -0.05) is 19.1 Å². The Morgan fingerprint density at radius 2 is 2.28 bits per heavy atom. The van der Waals surface area contributed by atoms with E-state index in [0.29, 0.717) is 29.9 Å². The van der Waals surface area contributed by atoms with Gasteiger partial charge in [-0.05, 0) is 36.1 Å². The van der Waals surface area contributed by atoms with Crippen molar-refractivity contribution in [2.45, 2.75) is 26.4 Å². The molecule has 1 aliphatic carbocycles. The largest absolute Gasteiger partial charge is 0.477 e. The van der Waals surface area contributed by atoms with Gasteiger partial charge in [0.1, 0.15) is 4.88 Å². The van der Waals surface area contributed by atoms with Crippen LogP contribution in [-0.2, 0) is 11.3 Å². The van der Waals surface area contributed by atoms with Crippen molar-refractivity contribution < 1.29 is 14.6 Å². The molecule has 0 saturated carbocycles. The molecule has 2 atom stereocenters. The average molecular weight is 266 g/mol. The number of aromatic carboxylic acids is 1. The highest BCUT2D eigenvalue weighted by Crippen LogP contribution is 2.26. The first-order valence-electron chi connectivity index (χ1n) is 6.21. The van der Waals surface area contributed by atoms with Crippen molar-refractivity contribution in [3.8, 4) is 0 Å². The highest BCUT2D eigenvalue weighted by molar-refractivity contribution is 7.12. The Balaban J connectivity index is 1.83. The number of carboxylic acid groups (broad SMARTS) is 1. The molecule has 1 aromatic heterocycles. The lowest BCUT2D eigenvalue weighted by Crippen LogP contribution is -2.19. The molecular formula is C14H18O3S. The van der Waals surface area contributed by atoms with Crippen LogP contribution in [0.2, 0.25) is 0 Å². The topological polar surface area (TPSA) is 46.5 Å². The molecule has 0 spiro atoms. The Labute approximate surface area is 111 Å². The molecule has 0 saturated heterocycles. The number of carbonyl (C=O) groups is 1. The van der Waals surface area contributed by atoms with Gasteiger partial charge in [0.15, 0.2) is 0 Å². The van der Waals surface area contributed by atoms with Crippen molar-refractivity contribution in [1.29, 1.82) is 0 Å². The van der Waals surface area contributed by atoms with Gasteiger partial charge in [0.25, 0.3) is 0 Å². The zero-order chi connectivity index (χ0) is 13.0. The van der Waals surface area contributed by atoms with Crippen LogP contribution in [0.3, 0.4) is 0 Å². The van der Waals surface area contributed by atoms with Gasteiger partial charge in [-0.2, -0.15) is 0 Å². The summed E-state index contributed by atoms with van der Waals surface area (Å²) in [5.41, 5.74) is 0.784. The number of ether oxygens (including phenoxy) is 1. The second-order valence-electron chi connectivity index (χ2n) is 4.78. The van der Waals surface area contributed by atoms with E-state index >= 15 is 0 Å². The van der Waals surface area contributed by atoms with Crippen LogP contribution >= 0.6 is 11.3 Å². The normalized spacial score (nSPS) is 23.2. The SMILES string of the molecule is CC1CC=CCC1COCc1ccsc1C(=O)O. The fourth-order valence-electron chi connectivity index (χ4n) is 2.20. The first-order chi connectivity index (χ1) is 8.68. The summed E-state index contributed by atoms with van der Waals surface area (Å²) in [6.07, 6.45) is 6.62. The number of hydrogen-bond donors (Lipinski definition) is 1. The van der Waals surface area contributed by atoms with Gasteiger partial charge in [0.2, 0.25) is 0 Å². The average Bonchev–Trinajstić information content (AvgIpc) is 2.80. The standard InChI is InChI=1S/C14H18O3S/c1-10-4-2-3-5-11(10)8-17-9-12-6-7-18-13(12)14(15)16/h2-3,6-7,10-11H,4-5,8-9H2,1H3,(H,15,16). The fraction of sp³-hybridized carbons (Fsp3) is 0.500. The minimum atomic E-state index is -0.863. The first-order valence-corrected chi connectivity index (χ1v) is 7.09. The van der Waals surface area contributed by atoms with Crippen LogP contribution in [0, 0.1) is 11.8 Å². The molecule has 0 amide bonds. The monoisotopic (exact) mass is 266 g/mol. The smallest absolute Gasteiger partial charge is 0.346 e. The Morgan fingerprint density at radius 1 is 1.50 bits per heavy atom. The third-order valence-electron chi connectivity index (χ3n) is 3.45. The molecule has 98 valence electrons. The second-order valence-corrected chi connectivity index (χ2v) is 5.69. The fourth-order valence-corrected chi connectivity index (χ4v) is 2.94. The van der Waals surface area contributed by atoms with E-state index in [2.05, 4.69) is 19.1 Å². The molecule has 0 fully saturated rings. The first kappa shape index (κ1) is 13.3. The number of thiophene rings is 1. The van der Waals surface area contributed by atoms with E-state index < -0.39 is 5.97 Å². The maximum Gasteiger partial charge on any atom is 0.346 e. The van der Waals surface area contributed by atoms with Gasteiger partial charge >= 0.3 is 5.97 Å². The van der Waals surface area contributed by atoms with E-state index in [-0.39, 0.29) is 0 Å². The van der Waals surface area contributed by atoms with Gasteiger partial charge in [-0.15, -0.1) is 11.3 Å². The lowest BCUT2D eigenvalue weighted by atomic mass is 9.85. The van der Waals surface area contributed by atoms with Crippen molar-refractivity contribution >= 4 is 17.3 Å². The highest BCUT2D eigenvalue weighted by atomic mass is 32.1. The molecule has 0 aliphatic heterocycles. The summed E-state index contributed by atoms with van der Waals surface area (Å²) >= 11 is 1.25. The maximum absolute atomic E-state index is 10.9. The van der Waals surface area contributed by atoms with Gasteiger partial charge in [-0.3, -0.25) is 0 Å². The van der Waals surface area contributed by atoms with E-state index in [1.165, 1.54) is 11.3 Å². The Morgan fingerprint density at radius 3 is 3.00 bits per heavy atom. The summed E-state index contributed by atoms with van der Waals surface area (Å²) < 4.78 is 5.69. The molecule has 18 heavy (non-hydrogen) atoms. The number of allylic oxidation sites excluding steroid dienone is 2. The van der Waals surface area contributed by atoms with E-state index in [1.807, 2.05) is 6.07 Å². The molecule has 0 radical (unpaired) electrons. The third-order valence-corrected chi connectivity index (χ3v) is 4.39. The second kappa shape index (κ2) is 6.16. The lowest BCUT2D eigenvalue weighted by Gasteiger charge is -2.24. The van der Waals surface area contributed by atoms with Crippen molar-refractivity contribution in [1.82, 2.24) is 0 Å². The summed E-state index contributed by atoms with van der Waals surface area (Å²) in [4.78, 5) is 11.3. The van der Waals surface area contributed by atoms with Gasteiger partial charge < -0.3 is 9.84 Å². The van der Waals surface area contributed by atoms with Crippen LogP contribution < -0.4 is 0 Å². The van der Waals surface area contributed by atoms with Crippen LogP contribution in [0.5, 0.6) is 0 Å². The molecular weight excluding hydrogens is 248 g/mol. The van der Waals surface area contributed by atoms with Gasteiger partial charge in [-0.25, -0.2) is 4.79 Å². The quantitative estimate of drug-likeness (QED) is 0.829. The molecule has 0 aromatic carbocycles. The molecule has 0 bridgehead atoms. The van der Waals surface area contributed by atoms with Crippen LogP contribution in [0.4, 0.5) is 0 Å². The maximum atomic E-state index is 10.9. The molecule has 1 heterocycles. The van der Waals surface area contributed by atoms with Crippen LogP contribution in [0.15, 0.2) is 23.6 Å². The highest BCUT2D eigenvalue weighted by Gasteiger charge is 2.19. The zero-order valence-corrected chi connectivity index (χ0v) is 11.3. The van der Waals surface area contributed by atoms with E-state index in [4.69, 9.17) is 9.84 Å². The third kappa shape index (κ3) is 3.21. The summed E-state index contributed by atoms with van der Waals surface area (Å²) in [7, 11) is 0. The predicted molar refractivity (Wildman–Crippen MR) is 72.0 cm³/mol. The Hall–Kier alpha value is -1.13. The zero-order valence-electron chi connectivity index (χ0n) is 10.5. The lowest BCUT2D eigenvalue weighted by molar-refractivity contribution is 0.0633. The van der Waals surface area contributed by atoms with E-state index in [9.17, 15) is 4.79 Å². The molecule has 1 aliphatic rings. The van der Waals surface area contributed by atoms with Crippen molar-refractivity contribution in [2.75, 3.05) is 6.61 Å². The van der Waals surface area contributed by atoms with E-state index in [1.54, 1.807) is 5.38 Å². The van der Waals surface area contributed by atoms with Gasteiger partial charge in [0, 0.05) is 5.56 Å². The molecule has 1 N–H and O–H groups in total. The summed E-state index contributed by atoms with van der Waals surface area (Å²) in [5, 5.41) is 10.8. The minimum Gasteiger partial charge on any atom is -0.477 e. The molecule has 2 rings (SSSR count). The molecule has 2 unspecified atom stereocenters. The Kier molecular flexibility index (Phi) is 4.55. The number of hydrogen-bond acceptors (Lipinski definition) is 3. The molecule has 3 nitrogen and oxygen atoms in total. The summed E-state index contributed by atoms with van der Waals surface area (Å²) in [6, 6.07) is 1.83. The van der Waals surface area contributed by atoms with Crippen molar-refractivity contribution in [2.24, 2.45) is 11.8 Å². The molecule has 1 aromatic rings. The minimum absolute atomic E-state index is 0.395. The van der Waals surface area contributed by atoms with Crippen molar-refractivity contribution in [3.63, 3.8) is 0 Å². The van der Waals surface area contributed by atoms with Crippen LogP contribution in [0.1, 0.15) is 35.0 Å². The summed E-state index contributed by atoms with van der Waals surface area (Å²) in [5.74, 6) is 0.343. The van der Waals surface area contributed by atoms with Crippen LogP contribution in [0.25, 0.3) is 0 Å².